The van der Waals surface area contributed by atoms with Crippen molar-refractivity contribution in [2.45, 2.75) is 0 Å². The SMILES string of the molecule is [SiH3]O[SiH2]O[SiH2]Nc1ccccc1. The highest BCUT2D eigenvalue weighted by Crippen LogP contribution is 2.02. The zero-order valence-corrected chi connectivity index (χ0v) is 11.9. The van der Waals surface area contributed by atoms with Gasteiger partial charge in [-0.3, -0.25) is 0 Å². The molecule has 0 aliphatic carbocycles. The van der Waals surface area contributed by atoms with Crippen molar-refractivity contribution in [3.8, 4) is 0 Å². The quantitative estimate of drug-likeness (QED) is 0.475. The fourth-order valence-corrected chi connectivity index (χ4v) is 4.13. The highest BCUT2D eigenvalue weighted by molar-refractivity contribution is 6.44. The Morgan fingerprint density at radius 2 is 2.00 bits per heavy atom. The molecule has 0 atom stereocenters. The predicted molar refractivity (Wildman–Crippen MR) is 59.3 cm³/mol. The largest absolute Gasteiger partial charge is 0.449 e. The summed E-state index contributed by atoms with van der Waals surface area (Å²) in [5, 5.41) is 0. The molecule has 12 heavy (non-hydrogen) atoms. The minimum absolute atomic E-state index is 0.589. The molecule has 1 aromatic rings. The van der Waals surface area contributed by atoms with Gasteiger partial charge in [0.25, 0.3) is 19.9 Å². The van der Waals surface area contributed by atoms with Crippen molar-refractivity contribution in [2.75, 3.05) is 4.98 Å². The third-order valence-corrected chi connectivity index (χ3v) is 4.33. The van der Waals surface area contributed by atoms with Crippen molar-refractivity contribution < 1.29 is 8.23 Å². The molecule has 0 spiro atoms. The second-order valence-electron chi connectivity index (χ2n) is 2.30. The number of benzene rings is 1. The maximum absolute atomic E-state index is 5.37. The van der Waals surface area contributed by atoms with Crippen LogP contribution in [-0.4, -0.2) is 30.4 Å². The standard InChI is InChI=1S/C6H13NO2Si3/c10-8-12-9-11-7-6-4-2-1-3-5-6/h1-5,7H,11-12H2,10H3. The molecule has 1 aromatic carbocycles. The molecule has 66 valence electrons. The Labute approximate surface area is 80.1 Å². The van der Waals surface area contributed by atoms with E-state index in [2.05, 4.69) is 4.98 Å². The molecule has 0 aliphatic rings. The molecule has 0 saturated heterocycles. The first-order valence-corrected chi connectivity index (χ1v) is 7.04. The van der Waals surface area contributed by atoms with Crippen LogP contribution in [0.2, 0.25) is 0 Å². The van der Waals surface area contributed by atoms with Crippen molar-refractivity contribution in [1.82, 2.24) is 0 Å². The van der Waals surface area contributed by atoms with Gasteiger partial charge in [-0.2, -0.15) is 0 Å². The number of rotatable bonds is 5. The smallest absolute Gasteiger partial charge is 0.284 e. The normalized spacial score (nSPS) is 12.0. The molecule has 0 bridgehead atoms. The summed E-state index contributed by atoms with van der Waals surface area (Å²) in [6.45, 7) is 0. The van der Waals surface area contributed by atoms with E-state index in [-0.39, 0.29) is 0 Å². The molecule has 0 aliphatic heterocycles. The molecule has 0 heterocycles. The molecule has 0 aromatic heterocycles. The monoisotopic (exact) mass is 215 g/mol. The number of nitrogens with one attached hydrogen (secondary N) is 1. The molecular formula is C6H13NO2Si3. The van der Waals surface area contributed by atoms with E-state index in [0.29, 0.717) is 0 Å². The van der Waals surface area contributed by atoms with Crippen LogP contribution < -0.4 is 4.98 Å². The fraction of sp³-hybridized carbons (Fsp3) is 0. The molecule has 3 nitrogen and oxygen atoms in total. The molecule has 0 amide bonds. The van der Waals surface area contributed by atoms with Crippen LogP contribution in [0.15, 0.2) is 30.3 Å². The predicted octanol–water partition coefficient (Wildman–Crippen LogP) is -1.59. The molecule has 0 radical (unpaired) electrons. The van der Waals surface area contributed by atoms with Gasteiger partial charge in [-0.15, -0.1) is 0 Å². The van der Waals surface area contributed by atoms with Crippen molar-refractivity contribution in [3.63, 3.8) is 0 Å². The van der Waals surface area contributed by atoms with E-state index < -0.39 is 19.9 Å². The summed E-state index contributed by atoms with van der Waals surface area (Å²) in [6, 6.07) is 10.1. The minimum Gasteiger partial charge on any atom is -0.449 e. The van der Waals surface area contributed by atoms with Gasteiger partial charge >= 0.3 is 0 Å². The summed E-state index contributed by atoms with van der Waals surface area (Å²) >= 11 is 0. The van der Waals surface area contributed by atoms with Gasteiger partial charge in [0.05, 0.1) is 0 Å². The first kappa shape index (κ1) is 9.68. The van der Waals surface area contributed by atoms with Gasteiger partial charge in [0.2, 0.25) is 0 Å². The maximum atomic E-state index is 5.37. The summed E-state index contributed by atoms with van der Waals surface area (Å²) < 4.78 is 10.4. The molecule has 1 rings (SSSR count). The van der Waals surface area contributed by atoms with Crippen molar-refractivity contribution >= 4 is 36.1 Å². The minimum atomic E-state index is -0.633. The number of hydrogen-bond acceptors (Lipinski definition) is 3. The summed E-state index contributed by atoms with van der Waals surface area (Å²) in [5.74, 6) is 0. The van der Waals surface area contributed by atoms with Crippen LogP contribution in [0.1, 0.15) is 0 Å². The second-order valence-corrected chi connectivity index (χ2v) is 7.12. The Kier molecular flexibility index (Phi) is 4.96. The van der Waals surface area contributed by atoms with E-state index in [1.165, 1.54) is 0 Å². The van der Waals surface area contributed by atoms with E-state index in [1.54, 1.807) is 0 Å². The Morgan fingerprint density at radius 3 is 2.67 bits per heavy atom. The van der Waals surface area contributed by atoms with Gasteiger partial charge in [0.1, 0.15) is 10.5 Å². The average Bonchev–Trinajstić information content (AvgIpc) is 2.14. The lowest BCUT2D eigenvalue weighted by Gasteiger charge is -2.05. The van der Waals surface area contributed by atoms with Gasteiger partial charge in [-0.1, -0.05) is 18.2 Å². The van der Waals surface area contributed by atoms with Crippen LogP contribution in [0.5, 0.6) is 0 Å². The van der Waals surface area contributed by atoms with Gasteiger partial charge in [0, 0.05) is 5.69 Å². The van der Waals surface area contributed by atoms with Gasteiger partial charge in [-0.25, -0.2) is 0 Å². The van der Waals surface area contributed by atoms with E-state index in [9.17, 15) is 0 Å². The summed E-state index contributed by atoms with van der Waals surface area (Å²) in [6.07, 6.45) is 0. The fourth-order valence-electron chi connectivity index (χ4n) is 0.815. The lowest BCUT2D eigenvalue weighted by molar-refractivity contribution is 0.505. The Morgan fingerprint density at radius 1 is 1.25 bits per heavy atom. The lowest BCUT2D eigenvalue weighted by atomic mass is 10.3. The summed E-state index contributed by atoms with van der Waals surface area (Å²) in [4.78, 5) is 3.27. The molecule has 0 saturated carbocycles. The number of anilines is 1. The van der Waals surface area contributed by atoms with E-state index in [1.807, 2.05) is 30.3 Å². The van der Waals surface area contributed by atoms with Crippen molar-refractivity contribution in [1.29, 1.82) is 0 Å². The number of hydrogen-bond donors (Lipinski definition) is 1. The summed E-state index contributed by atoms with van der Waals surface area (Å²) in [5.41, 5.74) is 1.14. The Balaban J connectivity index is 2.16. The van der Waals surface area contributed by atoms with Crippen LogP contribution in [-0.2, 0) is 8.23 Å². The van der Waals surface area contributed by atoms with Crippen LogP contribution in [0.25, 0.3) is 0 Å². The van der Waals surface area contributed by atoms with Crippen LogP contribution in [0.4, 0.5) is 5.69 Å². The lowest BCUT2D eigenvalue weighted by Crippen LogP contribution is -2.14. The average molecular weight is 215 g/mol. The first-order chi connectivity index (χ1) is 5.93. The number of para-hydroxylation sites is 1. The zero-order valence-electron chi connectivity index (χ0n) is 7.12. The van der Waals surface area contributed by atoms with Crippen molar-refractivity contribution in [3.05, 3.63) is 30.3 Å². The zero-order chi connectivity index (χ0) is 8.65. The highest BCUT2D eigenvalue weighted by Gasteiger charge is 1.89. The Bertz CT molecular complexity index is 209. The third kappa shape index (κ3) is 3.83. The summed E-state index contributed by atoms with van der Waals surface area (Å²) in [7, 11) is -0.415. The van der Waals surface area contributed by atoms with E-state index >= 15 is 0 Å². The maximum Gasteiger partial charge on any atom is 0.284 e. The van der Waals surface area contributed by atoms with Gasteiger partial charge in [0.15, 0.2) is 0 Å². The molecule has 6 heteroatoms. The van der Waals surface area contributed by atoms with Crippen LogP contribution in [0, 0.1) is 0 Å². The topological polar surface area (TPSA) is 30.5 Å². The highest BCUT2D eigenvalue weighted by atomic mass is 28.3. The van der Waals surface area contributed by atoms with Gasteiger partial charge < -0.3 is 13.2 Å². The molecule has 1 N–H and O–H groups in total. The van der Waals surface area contributed by atoms with Gasteiger partial charge in [-0.05, 0) is 12.1 Å². The van der Waals surface area contributed by atoms with Crippen LogP contribution in [0.3, 0.4) is 0 Å². The second kappa shape index (κ2) is 6.15. The molecule has 0 unspecified atom stereocenters. The van der Waals surface area contributed by atoms with Crippen LogP contribution >= 0.6 is 0 Å². The van der Waals surface area contributed by atoms with E-state index in [4.69, 9.17) is 8.23 Å². The Hall–Kier alpha value is -0.409. The third-order valence-electron chi connectivity index (χ3n) is 1.35. The van der Waals surface area contributed by atoms with E-state index in [0.717, 1.165) is 16.2 Å². The molecular weight excluding hydrogens is 202 g/mol. The molecule has 0 fully saturated rings. The van der Waals surface area contributed by atoms with Crippen molar-refractivity contribution in [2.24, 2.45) is 0 Å². The first-order valence-electron chi connectivity index (χ1n) is 3.79.